The second kappa shape index (κ2) is 9.24. The molecule has 0 amide bonds. The van der Waals surface area contributed by atoms with Crippen LogP contribution in [0.15, 0.2) is 42.5 Å². The Labute approximate surface area is 172 Å². The van der Waals surface area contributed by atoms with Crippen LogP contribution in [0.25, 0.3) is 11.1 Å². The number of hydrogen-bond acceptors (Lipinski definition) is 5. The molecule has 0 N–H and O–H groups in total. The molecular weight excluding hydrogens is 401 g/mol. The molecule has 2 heterocycles. The molecule has 30 heavy (non-hydrogen) atoms. The highest BCUT2D eigenvalue weighted by Crippen LogP contribution is 2.33. The number of alkyl halides is 3. The van der Waals surface area contributed by atoms with Gasteiger partial charge in [-0.1, -0.05) is 18.2 Å². The smallest absolute Gasteiger partial charge is 0.422 e. The van der Waals surface area contributed by atoms with Gasteiger partial charge < -0.3 is 23.7 Å². The van der Waals surface area contributed by atoms with Crippen LogP contribution in [0.1, 0.15) is 11.5 Å². The van der Waals surface area contributed by atoms with Crippen molar-refractivity contribution in [2.75, 3.05) is 46.2 Å². The van der Waals surface area contributed by atoms with E-state index in [0.29, 0.717) is 51.3 Å². The summed E-state index contributed by atoms with van der Waals surface area (Å²) in [6, 6.07) is 12.5. The van der Waals surface area contributed by atoms with E-state index in [4.69, 9.17) is 23.7 Å². The second-order valence-corrected chi connectivity index (χ2v) is 7.33. The van der Waals surface area contributed by atoms with E-state index in [1.165, 1.54) is 12.1 Å². The van der Waals surface area contributed by atoms with Crippen molar-refractivity contribution in [2.45, 2.75) is 18.2 Å². The maximum absolute atomic E-state index is 12.3. The third-order valence-electron chi connectivity index (χ3n) is 4.95. The average molecular weight is 424 g/mol. The van der Waals surface area contributed by atoms with E-state index in [-0.39, 0.29) is 11.9 Å². The largest absolute Gasteiger partial charge is 0.491 e. The van der Waals surface area contributed by atoms with Crippen molar-refractivity contribution < 1.29 is 36.9 Å². The molecule has 0 radical (unpaired) electrons. The maximum atomic E-state index is 12.3. The minimum absolute atomic E-state index is 0.108. The summed E-state index contributed by atoms with van der Waals surface area (Å²) in [5, 5.41) is 0. The van der Waals surface area contributed by atoms with Crippen LogP contribution in [0.4, 0.5) is 13.2 Å². The first kappa shape index (κ1) is 21.0. The molecule has 0 saturated carbocycles. The molecule has 5 nitrogen and oxygen atoms in total. The van der Waals surface area contributed by atoms with Crippen molar-refractivity contribution in [1.82, 2.24) is 0 Å². The highest BCUT2D eigenvalue weighted by atomic mass is 19.4. The zero-order valence-corrected chi connectivity index (χ0v) is 16.3. The number of ether oxygens (including phenoxy) is 5. The van der Waals surface area contributed by atoms with Crippen LogP contribution >= 0.6 is 0 Å². The van der Waals surface area contributed by atoms with E-state index in [9.17, 15) is 13.2 Å². The van der Waals surface area contributed by atoms with E-state index >= 15 is 0 Å². The van der Waals surface area contributed by atoms with Gasteiger partial charge in [0.25, 0.3) is 0 Å². The Morgan fingerprint density at radius 3 is 2.27 bits per heavy atom. The monoisotopic (exact) mass is 424 g/mol. The minimum atomic E-state index is -4.36. The summed E-state index contributed by atoms with van der Waals surface area (Å²) in [5.41, 5.74) is 2.88. The van der Waals surface area contributed by atoms with Gasteiger partial charge >= 0.3 is 6.18 Å². The summed E-state index contributed by atoms with van der Waals surface area (Å²) >= 11 is 0. The van der Waals surface area contributed by atoms with Gasteiger partial charge in [-0.25, -0.2) is 0 Å². The van der Waals surface area contributed by atoms with Crippen molar-refractivity contribution in [3.05, 3.63) is 48.0 Å². The lowest BCUT2D eigenvalue weighted by Gasteiger charge is -2.28. The molecule has 8 heteroatoms. The highest BCUT2D eigenvalue weighted by molar-refractivity contribution is 5.67. The van der Waals surface area contributed by atoms with Crippen molar-refractivity contribution >= 4 is 0 Å². The van der Waals surface area contributed by atoms with Crippen LogP contribution in [-0.2, 0) is 14.2 Å². The molecule has 2 fully saturated rings. The van der Waals surface area contributed by atoms with Gasteiger partial charge in [-0.3, -0.25) is 0 Å². The van der Waals surface area contributed by atoms with Gasteiger partial charge in [0.1, 0.15) is 24.2 Å². The fourth-order valence-corrected chi connectivity index (χ4v) is 3.27. The Hall–Kier alpha value is -2.29. The first-order valence-corrected chi connectivity index (χ1v) is 9.81. The van der Waals surface area contributed by atoms with Crippen molar-refractivity contribution in [3.8, 4) is 22.6 Å². The second-order valence-electron chi connectivity index (χ2n) is 7.33. The zero-order chi connectivity index (χ0) is 21.0. The number of hydrogen-bond donors (Lipinski definition) is 0. The Kier molecular flexibility index (Phi) is 6.46. The Balaban J connectivity index is 1.49. The Morgan fingerprint density at radius 2 is 1.63 bits per heavy atom. The number of halogens is 3. The first-order valence-electron chi connectivity index (χ1n) is 9.81. The van der Waals surface area contributed by atoms with Crippen molar-refractivity contribution in [1.29, 1.82) is 0 Å². The molecule has 1 atom stereocenters. The molecule has 0 spiro atoms. The van der Waals surface area contributed by atoms with Crippen LogP contribution in [0.5, 0.6) is 11.5 Å². The Morgan fingerprint density at radius 1 is 0.833 bits per heavy atom. The lowest BCUT2D eigenvalue weighted by molar-refractivity contribution is -0.153. The third-order valence-corrected chi connectivity index (χ3v) is 4.95. The molecule has 2 aromatic carbocycles. The number of rotatable bonds is 7. The van der Waals surface area contributed by atoms with Crippen LogP contribution in [-0.4, -0.2) is 58.5 Å². The van der Waals surface area contributed by atoms with Crippen molar-refractivity contribution in [2.24, 2.45) is 0 Å². The van der Waals surface area contributed by atoms with Crippen LogP contribution in [0.3, 0.4) is 0 Å². The molecule has 4 rings (SSSR count). The summed E-state index contributed by atoms with van der Waals surface area (Å²) in [7, 11) is 0. The van der Waals surface area contributed by atoms with Crippen LogP contribution in [0.2, 0.25) is 0 Å². The lowest BCUT2D eigenvalue weighted by Crippen LogP contribution is -2.33. The zero-order valence-electron chi connectivity index (χ0n) is 16.3. The molecule has 162 valence electrons. The molecule has 2 aliphatic heterocycles. The van der Waals surface area contributed by atoms with E-state index in [0.717, 1.165) is 16.7 Å². The van der Waals surface area contributed by atoms with Crippen LogP contribution < -0.4 is 9.47 Å². The van der Waals surface area contributed by atoms with Gasteiger partial charge in [-0.2, -0.15) is 13.2 Å². The Bertz CT molecular complexity index is 828. The summed E-state index contributed by atoms with van der Waals surface area (Å²) in [4.78, 5) is 0. The van der Waals surface area contributed by atoms with Gasteiger partial charge in [0.05, 0.1) is 33.0 Å². The summed E-state index contributed by atoms with van der Waals surface area (Å²) in [5.74, 6) is 1.18. The molecule has 2 saturated heterocycles. The van der Waals surface area contributed by atoms with E-state index in [2.05, 4.69) is 6.07 Å². The number of benzene rings is 2. The molecule has 2 aromatic rings. The normalized spacial score (nSPS) is 19.9. The molecule has 1 unspecified atom stereocenters. The molecular formula is C22H23F3O5. The summed E-state index contributed by atoms with van der Waals surface area (Å²) in [6.07, 6.45) is -4.47. The van der Waals surface area contributed by atoms with Crippen LogP contribution in [0, 0.1) is 0 Å². The predicted molar refractivity (Wildman–Crippen MR) is 103 cm³/mol. The van der Waals surface area contributed by atoms with Crippen molar-refractivity contribution in [3.63, 3.8) is 0 Å². The summed E-state index contributed by atoms with van der Waals surface area (Å²) in [6.45, 7) is 2.05. The molecule has 0 aliphatic carbocycles. The SMILES string of the molecule is FC(F)(F)COc1ccc(-c2cc(OCC3COCCO3)cc(C3COC3)c2)cc1. The van der Waals surface area contributed by atoms with E-state index < -0.39 is 12.8 Å². The minimum Gasteiger partial charge on any atom is -0.491 e. The molecule has 2 aliphatic rings. The van der Waals surface area contributed by atoms with E-state index in [1.54, 1.807) is 12.1 Å². The van der Waals surface area contributed by atoms with Gasteiger partial charge in [-0.15, -0.1) is 0 Å². The summed E-state index contributed by atoms with van der Waals surface area (Å²) < 4.78 is 64.1. The maximum Gasteiger partial charge on any atom is 0.422 e. The topological polar surface area (TPSA) is 46.2 Å². The van der Waals surface area contributed by atoms with Gasteiger partial charge in [-0.05, 0) is 41.0 Å². The average Bonchev–Trinajstić information content (AvgIpc) is 2.70. The predicted octanol–water partition coefficient (Wildman–Crippen LogP) is 4.20. The lowest BCUT2D eigenvalue weighted by atomic mass is 9.93. The fraction of sp³-hybridized carbons (Fsp3) is 0.455. The fourth-order valence-electron chi connectivity index (χ4n) is 3.27. The third kappa shape index (κ3) is 5.65. The first-order chi connectivity index (χ1) is 14.5. The molecule has 0 bridgehead atoms. The quantitative estimate of drug-likeness (QED) is 0.667. The van der Waals surface area contributed by atoms with Gasteiger partial charge in [0.15, 0.2) is 6.61 Å². The molecule has 0 aromatic heterocycles. The highest BCUT2D eigenvalue weighted by Gasteiger charge is 2.28. The standard InChI is InChI=1S/C22H23F3O5/c23-22(24,25)14-30-19-3-1-15(2-4-19)16-7-17(18-10-27-11-18)9-20(8-16)29-13-21-12-26-5-6-28-21/h1-4,7-9,18,21H,5-6,10-14H2. The van der Waals surface area contributed by atoms with E-state index in [1.807, 2.05) is 12.1 Å². The van der Waals surface area contributed by atoms with Gasteiger partial charge in [0, 0.05) is 5.92 Å². The van der Waals surface area contributed by atoms with Gasteiger partial charge in [0.2, 0.25) is 0 Å².